The number of nitrogens with zero attached hydrogens (tertiary/aromatic N) is 1. The fraction of sp³-hybridized carbons (Fsp3) is 0.900. The van der Waals surface area contributed by atoms with Crippen LogP contribution in [-0.2, 0) is 4.79 Å². The number of hydrogen-bond donors (Lipinski definition) is 2. The smallest absolute Gasteiger partial charge is 0.224 e. The molecular formula is C10H19N3O. The van der Waals surface area contributed by atoms with Gasteiger partial charge >= 0.3 is 0 Å². The summed E-state index contributed by atoms with van der Waals surface area (Å²) in [4.78, 5) is 13.7. The summed E-state index contributed by atoms with van der Waals surface area (Å²) >= 11 is 0. The van der Waals surface area contributed by atoms with Crippen molar-refractivity contribution < 1.29 is 4.79 Å². The highest BCUT2D eigenvalue weighted by atomic mass is 16.1. The van der Waals surface area contributed by atoms with Crippen molar-refractivity contribution in [3.63, 3.8) is 0 Å². The van der Waals surface area contributed by atoms with Crippen LogP contribution in [0.1, 0.15) is 19.8 Å². The lowest BCUT2D eigenvalue weighted by molar-refractivity contribution is -0.126. The average molecular weight is 197 g/mol. The second-order valence-corrected chi connectivity index (χ2v) is 4.79. The fourth-order valence-corrected chi connectivity index (χ4v) is 2.46. The van der Waals surface area contributed by atoms with Crippen LogP contribution in [-0.4, -0.2) is 43.0 Å². The van der Waals surface area contributed by atoms with Gasteiger partial charge in [0.05, 0.1) is 5.41 Å². The molecule has 2 aliphatic heterocycles. The van der Waals surface area contributed by atoms with E-state index in [0.717, 1.165) is 32.6 Å². The fourth-order valence-electron chi connectivity index (χ4n) is 2.46. The van der Waals surface area contributed by atoms with Crippen LogP contribution in [0.15, 0.2) is 0 Å². The molecule has 2 heterocycles. The molecule has 3 N–H and O–H groups in total. The Hall–Kier alpha value is -0.610. The maximum atomic E-state index is 11.3. The molecule has 0 aromatic rings. The van der Waals surface area contributed by atoms with Gasteiger partial charge in [0.1, 0.15) is 0 Å². The van der Waals surface area contributed by atoms with Crippen LogP contribution < -0.4 is 11.1 Å². The summed E-state index contributed by atoms with van der Waals surface area (Å²) in [5, 5.41) is 3.35. The third-order valence-electron chi connectivity index (χ3n) is 3.65. The van der Waals surface area contributed by atoms with Gasteiger partial charge in [-0.3, -0.25) is 9.69 Å². The molecule has 0 aliphatic carbocycles. The molecule has 2 unspecified atom stereocenters. The van der Waals surface area contributed by atoms with Gasteiger partial charge in [-0.25, -0.2) is 0 Å². The number of nitrogens with one attached hydrogen (secondary N) is 1. The van der Waals surface area contributed by atoms with E-state index in [1.54, 1.807) is 0 Å². The first-order valence-corrected chi connectivity index (χ1v) is 5.36. The molecule has 4 nitrogen and oxygen atoms in total. The second kappa shape index (κ2) is 3.51. The molecule has 0 spiro atoms. The molecule has 2 fully saturated rings. The van der Waals surface area contributed by atoms with E-state index in [4.69, 9.17) is 5.73 Å². The summed E-state index contributed by atoms with van der Waals surface area (Å²) in [6, 6.07) is 0.621. The SMILES string of the molecule is CC1(C(N)=O)CCN(C2CCNC2)C1. The van der Waals surface area contributed by atoms with Gasteiger partial charge in [0.2, 0.25) is 5.91 Å². The quantitative estimate of drug-likeness (QED) is 0.630. The monoisotopic (exact) mass is 197 g/mol. The summed E-state index contributed by atoms with van der Waals surface area (Å²) in [6.07, 6.45) is 2.12. The van der Waals surface area contributed by atoms with Crippen molar-refractivity contribution >= 4 is 5.91 Å². The Morgan fingerprint density at radius 2 is 2.43 bits per heavy atom. The number of carbonyl (C=O) groups excluding carboxylic acids is 1. The summed E-state index contributed by atoms with van der Waals surface area (Å²) in [5.41, 5.74) is 5.12. The number of carbonyl (C=O) groups is 1. The Labute approximate surface area is 84.8 Å². The minimum atomic E-state index is -0.289. The molecule has 0 bridgehead atoms. The van der Waals surface area contributed by atoms with Crippen LogP contribution in [0.5, 0.6) is 0 Å². The highest BCUT2D eigenvalue weighted by molar-refractivity contribution is 5.81. The lowest BCUT2D eigenvalue weighted by Gasteiger charge is -2.25. The number of nitrogens with two attached hydrogens (primary N) is 1. The minimum Gasteiger partial charge on any atom is -0.369 e. The molecule has 2 aliphatic rings. The average Bonchev–Trinajstić information content (AvgIpc) is 2.72. The molecular weight excluding hydrogens is 178 g/mol. The van der Waals surface area contributed by atoms with E-state index >= 15 is 0 Å². The van der Waals surface area contributed by atoms with Crippen LogP contribution >= 0.6 is 0 Å². The molecule has 0 radical (unpaired) electrons. The molecule has 2 rings (SSSR count). The van der Waals surface area contributed by atoms with Crippen LogP contribution in [0.4, 0.5) is 0 Å². The Balaban J connectivity index is 1.96. The molecule has 2 saturated heterocycles. The molecule has 4 heteroatoms. The Kier molecular flexibility index (Phi) is 2.49. The van der Waals surface area contributed by atoms with Crippen molar-refractivity contribution in [3.8, 4) is 0 Å². The van der Waals surface area contributed by atoms with Crippen molar-refractivity contribution in [2.45, 2.75) is 25.8 Å². The molecule has 1 amide bonds. The number of primary amides is 1. The second-order valence-electron chi connectivity index (χ2n) is 4.79. The highest BCUT2D eigenvalue weighted by Crippen LogP contribution is 2.31. The summed E-state index contributed by atoms with van der Waals surface area (Å²) in [5.74, 6) is -0.147. The number of hydrogen-bond acceptors (Lipinski definition) is 3. The van der Waals surface area contributed by atoms with Gasteiger partial charge in [-0.15, -0.1) is 0 Å². The zero-order chi connectivity index (χ0) is 10.2. The standard InChI is InChI=1S/C10H19N3O/c1-10(9(11)14)3-5-13(7-10)8-2-4-12-6-8/h8,12H,2-7H2,1H3,(H2,11,14). The summed E-state index contributed by atoms with van der Waals surface area (Å²) in [6.45, 7) is 6.02. The first kappa shape index (κ1) is 9.93. The molecule has 80 valence electrons. The minimum absolute atomic E-state index is 0.147. The van der Waals surface area contributed by atoms with E-state index in [9.17, 15) is 4.79 Å². The van der Waals surface area contributed by atoms with Crippen LogP contribution in [0.3, 0.4) is 0 Å². The van der Waals surface area contributed by atoms with E-state index < -0.39 is 0 Å². The Morgan fingerprint density at radius 3 is 2.93 bits per heavy atom. The lowest BCUT2D eigenvalue weighted by atomic mass is 9.89. The zero-order valence-electron chi connectivity index (χ0n) is 8.75. The van der Waals surface area contributed by atoms with Crippen LogP contribution in [0.2, 0.25) is 0 Å². The van der Waals surface area contributed by atoms with E-state index in [0.29, 0.717) is 6.04 Å². The predicted octanol–water partition coefficient (Wildman–Crippen LogP) is -0.454. The molecule has 2 atom stereocenters. The topological polar surface area (TPSA) is 58.4 Å². The van der Waals surface area contributed by atoms with Gasteiger partial charge < -0.3 is 11.1 Å². The third kappa shape index (κ3) is 1.64. The van der Waals surface area contributed by atoms with Crippen molar-refractivity contribution in [1.82, 2.24) is 10.2 Å². The number of amides is 1. The van der Waals surface area contributed by atoms with E-state index in [2.05, 4.69) is 10.2 Å². The first-order valence-electron chi connectivity index (χ1n) is 5.36. The molecule has 0 saturated carbocycles. The Morgan fingerprint density at radius 1 is 1.64 bits per heavy atom. The highest BCUT2D eigenvalue weighted by Gasteiger charge is 2.41. The Bertz CT molecular complexity index is 238. The maximum absolute atomic E-state index is 11.3. The summed E-state index contributed by atoms with van der Waals surface area (Å²) in [7, 11) is 0. The van der Waals surface area contributed by atoms with E-state index in [-0.39, 0.29) is 11.3 Å². The number of rotatable bonds is 2. The van der Waals surface area contributed by atoms with Gasteiger partial charge in [-0.1, -0.05) is 0 Å². The third-order valence-corrected chi connectivity index (χ3v) is 3.65. The van der Waals surface area contributed by atoms with Gasteiger partial charge in [-0.2, -0.15) is 0 Å². The van der Waals surface area contributed by atoms with Gasteiger partial charge in [-0.05, 0) is 32.9 Å². The normalized spacial score (nSPS) is 39.1. The molecule has 14 heavy (non-hydrogen) atoms. The van der Waals surface area contributed by atoms with Crippen LogP contribution in [0.25, 0.3) is 0 Å². The zero-order valence-corrected chi connectivity index (χ0v) is 8.75. The van der Waals surface area contributed by atoms with Crippen molar-refractivity contribution in [2.24, 2.45) is 11.1 Å². The predicted molar refractivity (Wildman–Crippen MR) is 54.8 cm³/mol. The van der Waals surface area contributed by atoms with Crippen LogP contribution in [0, 0.1) is 5.41 Å². The van der Waals surface area contributed by atoms with Crippen molar-refractivity contribution in [2.75, 3.05) is 26.2 Å². The van der Waals surface area contributed by atoms with Gasteiger partial charge in [0, 0.05) is 19.1 Å². The maximum Gasteiger partial charge on any atom is 0.224 e. The first-order chi connectivity index (χ1) is 6.62. The van der Waals surface area contributed by atoms with Crippen molar-refractivity contribution in [1.29, 1.82) is 0 Å². The van der Waals surface area contributed by atoms with Crippen molar-refractivity contribution in [3.05, 3.63) is 0 Å². The lowest BCUT2D eigenvalue weighted by Crippen LogP contribution is -2.40. The molecule has 0 aromatic heterocycles. The van der Waals surface area contributed by atoms with Gasteiger partial charge in [0.25, 0.3) is 0 Å². The summed E-state index contributed by atoms with van der Waals surface area (Å²) < 4.78 is 0. The largest absolute Gasteiger partial charge is 0.369 e. The van der Waals surface area contributed by atoms with Gasteiger partial charge in [0.15, 0.2) is 0 Å². The number of likely N-dealkylation sites (tertiary alicyclic amines) is 1. The van der Waals surface area contributed by atoms with E-state index in [1.807, 2.05) is 6.92 Å². The van der Waals surface area contributed by atoms with E-state index in [1.165, 1.54) is 6.42 Å². The molecule has 0 aromatic carbocycles.